The number of anilines is 3. The summed E-state index contributed by atoms with van der Waals surface area (Å²) in [6, 6.07) is 17.4. The van der Waals surface area contributed by atoms with Crippen LogP contribution in [0.2, 0.25) is 0 Å². The molecule has 28 heavy (non-hydrogen) atoms. The molecule has 2 aromatic carbocycles. The van der Waals surface area contributed by atoms with E-state index in [1.54, 1.807) is 0 Å². The summed E-state index contributed by atoms with van der Waals surface area (Å²) in [7, 11) is 0. The summed E-state index contributed by atoms with van der Waals surface area (Å²) in [6.07, 6.45) is 0. The standard InChI is InChI=1S/C21H20N6O/c1-13-11-14(2)27(26-13)21-19-10-5-4-9-18(19)20(24-25-21)23-17-8-6-7-16(12-17)22-15(3)28/h4-12H,1-3H3,(H,22,28)(H,23,24). The summed E-state index contributed by atoms with van der Waals surface area (Å²) in [4.78, 5) is 11.3. The Bertz CT molecular complexity index is 1180. The number of nitrogens with one attached hydrogen (secondary N) is 2. The van der Waals surface area contributed by atoms with Crippen molar-refractivity contribution in [1.29, 1.82) is 0 Å². The highest BCUT2D eigenvalue weighted by atomic mass is 16.1. The summed E-state index contributed by atoms with van der Waals surface area (Å²) in [5.41, 5.74) is 3.46. The SMILES string of the molecule is CC(=O)Nc1cccc(Nc2nnc(-n3nc(C)cc3C)c3ccccc23)c1. The molecule has 0 saturated carbocycles. The van der Waals surface area contributed by atoms with Crippen LogP contribution in [0, 0.1) is 13.8 Å². The molecule has 0 saturated heterocycles. The highest BCUT2D eigenvalue weighted by Gasteiger charge is 2.13. The van der Waals surface area contributed by atoms with Gasteiger partial charge in [-0.1, -0.05) is 30.3 Å². The largest absolute Gasteiger partial charge is 0.338 e. The zero-order valence-corrected chi connectivity index (χ0v) is 15.9. The van der Waals surface area contributed by atoms with Crippen molar-refractivity contribution in [2.24, 2.45) is 0 Å². The van der Waals surface area contributed by atoms with Gasteiger partial charge in [0.15, 0.2) is 11.6 Å². The maximum atomic E-state index is 11.3. The zero-order chi connectivity index (χ0) is 19.7. The monoisotopic (exact) mass is 372 g/mol. The van der Waals surface area contributed by atoms with Gasteiger partial charge in [0.1, 0.15) is 0 Å². The summed E-state index contributed by atoms with van der Waals surface area (Å²) >= 11 is 0. The molecule has 2 heterocycles. The van der Waals surface area contributed by atoms with Crippen LogP contribution in [-0.4, -0.2) is 25.9 Å². The van der Waals surface area contributed by atoms with Gasteiger partial charge in [-0.2, -0.15) is 5.10 Å². The highest BCUT2D eigenvalue weighted by molar-refractivity contribution is 5.97. The molecule has 0 spiro atoms. The molecule has 1 amide bonds. The Morgan fingerprint density at radius 3 is 2.39 bits per heavy atom. The minimum absolute atomic E-state index is 0.114. The van der Waals surface area contributed by atoms with Crippen LogP contribution in [0.25, 0.3) is 16.6 Å². The average molecular weight is 372 g/mol. The van der Waals surface area contributed by atoms with Gasteiger partial charge in [0.25, 0.3) is 0 Å². The van der Waals surface area contributed by atoms with Crippen molar-refractivity contribution in [3.8, 4) is 5.82 Å². The predicted octanol–water partition coefficient (Wildman–Crippen LogP) is 4.13. The molecule has 0 aliphatic carbocycles. The number of carbonyl (C=O) groups is 1. The van der Waals surface area contributed by atoms with E-state index >= 15 is 0 Å². The lowest BCUT2D eigenvalue weighted by atomic mass is 10.1. The number of fused-ring (bicyclic) bond motifs is 1. The smallest absolute Gasteiger partial charge is 0.221 e. The van der Waals surface area contributed by atoms with Crippen LogP contribution in [-0.2, 0) is 4.79 Å². The number of nitrogens with zero attached hydrogens (tertiary/aromatic N) is 4. The maximum absolute atomic E-state index is 11.3. The van der Waals surface area contributed by atoms with Crippen molar-refractivity contribution in [1.82, 2.24) is 20.0 Å². The van der Waals surface area contributed by atoms with Crippen LogP contribution < -0.4 is 10.6 Å². The molecule has 7 heteroatoms. The summed E-state index contributed by atoms with van der Waals surface area (Å²) in [5.74, 6) is 1.22. The molecular weight excluding hydrogens is 352 g/mol. The fourth-order valence-electron chi connectivity index (χ4n) is 3.20. The van der Waals surface area contributed by atoms with Crippen molar-refractivity contribution in [2.45, 2.75) is 20.8 Å². The molecule has 4 aromatic rings. The molecular formula is C21H20N6O. The third-order valence-corrected chi connectivity index (χ3v) is 4.32. The number of rotatable bonds is 4. The van der Waals surface area contributed by atoms with E-state index in [-0.39, 0.29) is 5.91 Å². The van der Waals surface area contributed by atoms with Crippen molar-refractivity contribution in [2.75, 3.05) is 10.6 Å². The second-order valence-corrected chi connectivity index (χ2v) is 6.64. The minimum atomic E-state index is -0.114. The Hall–Kier alpha value is -3.74. The van der Waals surface area contributed by atoms with Crippen LogP contribution in [0.1, 0.15) is 18.3 Å². The summed E-state index contributed by atoms with van der Waals surface area (Å²) in [5, 5.41) is 21.4. The van der Waals surface area contributed by atoms with E-state index in [1.807, 2.05) is 73.1 Å². The topological polar surface area (TPSA) is 84.7 Å². The number of benzene rings is 2. The minimum Gasteiger partial charge on any atom is -0.338 e. The van der Waals surface area contributed by atoms with E-state index in [0.717, 1.165) is 27.8 Å². The van der Waals surface area contributed by atoms with Crippen LogP contribution in [0.5, 0.6) is 0 Å². The molecule has 0 atom stereocenters. The third-order valence-electron chi connectivity index (χ3n) is 4.32. The van der Waals surface area contributed by atoms with E-state index in [9.17, 15) is 4.79 Å². The second kappa shape index (κ2) is 7.11. The number of amides is 1. The van der Waals surface area contributed by atoms with E-state index in [4.69, 9.17) is 0 Å². The summed E-state index contributed by atoms with van der Waals surface area (Å²) in [6.45, 7) is 5.43. The average Bonchev–Trinajstić information content (AvgIpc) is 3.00. The van der Waals surface area contributed by atoms with Gasteiger partial charge in [-0.15, -0.1) is 10.2 Å². The first-order valence-electron chi connectivity index (χ1n) is 8.95. The molecule has 7 nitrogen and oxygen atoms in total. The first-order valence-corrected chi connectivity index (χ1v) is 8.95. The molecule has 4 rings (SSSR count). The van der Waals surface area contributed by atoms with Gasteiger partial charge < -0.3 is 10.6 Å². The Labute approximate surface area is 162 Å². The number of carbonyl (C=O) groups excluding carboxylic acids is 1. The zero-order valence-electron chi connectivity index (χ0n) is 15.9. The summed E-state index contributed by atoms with van der Waals surface area (Å²) < 4.78 is 1.81. The quantitative estimate of drug-likeness (QED) is 0.562. The molecule has 0 radical (unpaired) electrons. The molecule has 0 fully saturated rings. The van der Waals surface area contributed by atoms with Gasteiger partial charge in [0, 0.05) is 34.8 Å². The third kappa shape index (κ3) is 3.42. The molecule has 2 aromatic heterocycles. The first-order chi connectivity index (χ1) is 13.5. The van der Waals surface area contributed by atoms with Crippen molar-refractivity contribution in [3.05, 3.63) is 66.0 Å². The lowest BCUT2D eigenvalue weighted by Crippen LogP contribution is -2.07. The normalized spacial score (nSPS) is 10.8. The van der Waals surface area contributed by atoms with Gasteiger partial charge >= 0.3 is 0 Å². The van der Waals surface area contributed by atoms with Crippen molar-refractivity contribution in [3.63, 3.8) is 0 Å². The first kappa shape index (κ1) is 17.7. The molecule has 2 N–H and O–H groups in total. The van der Waals surface area contributed by atoms with Gasteiger partial charge in [-0.25, -0.2) is 4.68 Å². The van der Waals surface area contributed by atoms with Gasteiger partial charge in [-0.3, -0.25) is 4.79 Å². The number of aryl methyl sites for hydroxylation is 2. The van der Waals surface area contributed by atoms with Crippen LogP contribution in [0.3, 0.4) is 0 Å². The van der Waals surface area contributed by atoms with Crippen LogP contribution in [0.4, 0.5) is 17.2 Å². The Morgan fingerprint density at radius 2 is 1.68 bits per heavy atom. The molecule has 0 unspecified atom stereocenters. The molecule has 0 aliphatic rings. The lowest BCUT2D eigenvalue weighted by Gasteiger charge is -2.12. The molecule has 0 aliphatic heterocycles. The van der Waals surface area contributed by atoms with E-state index in [1.165, 1.54) is 6.92 Å². The van der Waals surface area contributed by atoms with Crippen LogP contribution >= 0.6 is 0 Å². The highest BCUT2D eigenvalue weighted by Crippen LogP contribution is 2.28. The van der Waals surface area contributed by atoms with Gasteiger partial charge in [0.05, 0.1) is 5.69 Å². The Balaban J connectivity index is 1.77. The maximum Gasteiger partial charge on any atom is 0.221 e. The molecule has 140 valence electrons. The predicted molar refractivity (Wildman–Crippen MR) is 110 cm³/mol. The van der Waals surface area contributed by atoms with Gasteiger partial charge in [0.2, 0.25) is 5.91 Å². The van der Waals surface area contributed by atoms with E-state index in [2.05, 4.69) is 25.9 Å². The van der Waals surface area contributed by atoms with E-state index in [0.29, 0.717) is 17.3 Å². The molecule has 0 bridgehead atoms. The Morgan fingerprint density at radius 1 is 0.929 bits per heavy atom. The van der Waals surface area contributed by atoms with Crippen molar-refractivity contribution >= 4 is 33.9 Å². The lowest BCUT2D eigenvalue weighted by molar-refractivity contribution is -0.114. The number of hydrogen-bond donors (Lipinski definition) is 2. The van der Waals surface area contributed by atoms with Gasteiger partial charge in [-0.05, 0) is 38.1 Å². The Kier molecular flexibility index (Phi) is 4.49. The number of aromatic nitrogens is 4. The number of hydrogen-bond acceptors (Lipinski definition) is 5. The van der Waals surface area contributed by atoms with Crippen molar-refractivity contribution < 1.29 is 4.79 Å². The fraction of sp³-hybridized carbons (Fsp3) is 0.143. The fourth-order valence-corrected chi connectivity index (χ4v) is 3.20. The van der Waals surface area contributed by atoms with Crippen LogP contribution in [0.15, 0.2) is 54.6 Å². The second-order valence-electron chi connectivity index (χ2n) is 6.64. The van der Waals surface area contributed by atoms with E-state index < -0.39 is 0 Å².